The first-order valence-electron chi connectivity index (χ1n) is 6.00. The zero-order valence-corrected chi connectivity index (χ0v) is 12.2. The summed E-state index contributed by atoms with van der Waals surface area (Å²) in [6.07, 6.45) is 0. The summed E-state index contributed by atoms with van der Waals surface area (Å²) in [7, 11) is -4.22. The Morgan fingerprint density at radius 2 is 1.95 bits per heavy atom. The van der Waals surface area contributed by atoms with Gasteiger partial charge in [0.15, 0.2) is 5.75 Å². The summed E-state index contributed by atoms with van der Waals surface area (Å²) in [6.45, 7) is 0.728. The third kappa shape index (κ3) is 4.63. The molecule has 0 aliphatic heterocycles. The number of para-hydroxylation sites is 2. The van der Waals surface area contributed by atoms with Crippen LogP contribution in [0.15, 0.2) is 24.3 Å². The van der Waals surface area contributed by atoms with Gasteiger partial charge >= 0.3 is 11.9 Å². The van der Waals surface area contributed by atoms with Crippen LogP contribution in [0.3, 0.4) is 0 Å². The molecule has 0 radical (unpaired) electrons. The fourth-order valence-corrected chi connectivity index (χ4v) is 2.91. The first-order valence-corrected chi connectivity index (χ1v) is 7.61. The molecule has 0 bridgehead atoms. The number of hydrogen-bond acceptors (Lipinski definition) is 6. The number of anilines is 2. The smallest absolute Gasteiger partial charge is 0.324 e. The average molecular weight is 316 g/mol. The lowest BCUT2D eigenvalue weighted by Crippen LogP contribution is -2.40. The van der Waals surface area contributed by atoms with Crippen molar-refractivity contribution >= 4 is 33.3 Å². The molecule has 116 valence electrons. The second kappa shape index (κ2) is 6.93. The van der Waals surface area contributed by atoms with E-state index in [0.29, 0.717) is 4.31 Å². The molecule has 1 aromatic carbocycles. The van der Waals surface area contributed by atoms with Crippen molar-refractivity contribution in [3.63, 3.8) is 0 Å². The number of nitrogens with two attached hydrogens (primary N) is 1. The average Bonchev–Trinajstić information content (AvgIpc) is 2.36. The molecule has 0 fully saturated rings. The number of nitrogens with zero attached hydrogens (tertiary/aromatic N) is 1. The number of benzene rings is 1. The molecule has 0 spiro atoms. The lowest BCUT2D eigenvalue weighted by Gasteiger charge is -2.23. The topological polar surface area (TPSA) is 127 Å². The number of aliphatic carboxylic acids is 1. The number of carbonyl (C=O) groups excluding carboxylic acids is 1. The molecule has 0 unspecified atom stereocenters. The van der Waals surface area contributed by atoms with Crippen LogP contribution in [0.25, 0.3) is 0 Å². The van der Waals surface area contributed by atoms with E-state index in [0.717, 1.165) is 0 Å². The van der Waals surface area contributed by atoms with Gasteiger partial charge < -0.3 is 15.6 Å². The summed E-state index contributed by atoms with van der Waals surface area (Å²) < 4.78 is 29.6. The summed E-state index contributed by atoms with van der Waals surface area (Å²) >= 11 is 0. The van der Waals surface area contributed by atoms with E-state index in [-0.39, 0.29) is 18.0 Å². The van der Waals surface area contributed by atoms with Gasteiger partial charge in [-0.2, -0.15) is 0 Å². The van der Waals surface area contributed by atoms with Crippen LogP contribution in [0, 0.1) is 0 Å². The lowest BCUT2D eigenvalue weighted by atomic mass is 10.3. The maximum Gasteiger partial charge on any atom is 0.324 e. The van der Waals surface area contributed by atoms with E-state index < -0.39 is 34.3 Å². The van der Waals surface area contributed by atoms with Gasteiger partial charge in [0.25, 0.3) is 0 Å². The van der Waals surface area contributed by atoms with Gasteiger partial charge in [-0.3, -0.25) is 13.9 Å². The molecule has 1 rings (SSSR count). The van der Waals surface area contributed by atoms with Crippen LogP contribution in [0.5, 0.6) is 0 Å². The number of carboxylic acids is 1. The fraction of sp³-hybridized carbons (Fsp3) is 0.333. The molecule has 0 saturated heterocycles. The van der Waals surface area contributed by atoms with Crippen LogP contribution >= 0.6 is 0 Å². The highest BCUT2D eigenvalue weighted by Crippen LogP contribution is 2.25. The van der Waals surface area contributed by atoms with Crippen LogP contribution in [-0.2, 0) is 24.3 Å². The van der Waals surface area contributed by atoms with Crippen LogP contribution < -0.4 is 10.0 Å². The molecule has 0 amide bonds. The predicted molar refractivity (Wildman–Crippen MR) is 76.3 cm³/mol. The van der Waals surface area contributed by atoms with Gasteiger partial charge in [0, 0.05) is 0 Å². The summed E-state index contributed by atoms with van der Waals surface area (Å²) in [5.74, 6) is -3.28. The number of rotatable bonds is 7. The van der Waals surface area contributed by atoms with E-state index in [1.807, 2.05) is 0 Å². The van der Waals surface area contributed by atoms with Crippen molar-refractivity contribution in [3.8, 4) is 0 Å². The Kier molecular flexibility index (Phi) is 5.53. The molecule has 0 heterocycles. The zero-order chi connectivity index (χ0) is 16.0. The summed E-state index contributed by atoms with van der Waals surface area (Å²) in [5, 5.41) is 8.87. The van der Waals surface area contributed by atoms with E-state index in [1.54, 1.807) is 6.07 Å². The second-order valence-electron chi connectivity index (χ2n) is 4.02. The first-order chi connectivity index (χ1) is 9.77. The molecule has 3 N–H and O–H groups in total. The van der Waals surface area contributed by atoms with Gasteiger partial charge in [-0.05, 0) is 19.1 Å². The Morgan fingerprint density at radius 3 is 2.48 bits per heavy atom. The number of esters is 1. The van der Waals surface area contributed by atoms with Crippen molar-refractivity contribution in [3.05, 3.63) is 24.3 Å². The standard InChI is InChI=1S/C12H16N2O6S/c1-2-20-12(17)8-21(18,19)14(7-11(15)16)10-6-4-3-5-9(10)13/h3-6H,2,7-8,13H2,1H3,(H,15,16). The molecule has 8 nitrogen and oxygen atoms in total. The largest absolute Gasteiger partial charge is 0.480 e. The second-order valence-corrected chi connectivity index (χ2v) is 5.91. The van der Waals surface area contributed by atoms with Crippen LogP contribution in [-0.4, -0.2) is 44.4 Å². The lowest BCUT2D eigenvalue weighted by molar-refractivity contribution is -0.140. The van der Waals surface area contributed by atoms with Crippen molar-refractivity contribution in [2.24, 2.45) is 0 Å². The number of carboxylic acid groups (broad SMARTS) is 1. The molecule has 21 heavy (non-hydrogen) atoms. The highest BCUT2D eigenvalue weighted by atomic mass is 32.2. The van der Waals surface area contributed by atoms with Gasteiger partial charge in [0.1, 0.15) is 6.54 Å². The quantitative estimate of drug-likeness (QED) is 0.537. The molecule has 9 heteroatoms. The predicted octanol–water partition coefficient (Wildman–Crippen LogP) is 0.0527. The Labute approximate surface area is 122 Å². The number of ether oxygens (including phenoxy) is 1. The SMILES string of the molecule is CCOC(=O)CS(=O)(=O)N(CC(=O)O)c1ccccc1N. The van der Waals surface area contributed by atoms with Crippen molar-refractivity contribution in [1.82, 2.24) is 0 Å². The normalized spacial score (nSPS) is 10.9. The summed E-state index contributed by atoms with van der Waals surface area (Å²) in [5.41, 5.74) is 5.76. The van der Waals surface area contributed by atoms with E-state index >= 15 is 0 Å². The summed E-state index contributed by atoms with van der Waals surface area (Å²) in [6, 6.07) is 5.89. The minimum Gasteiger partial charge on any atom is -0.480 e. The number of nitrogen functional groups attached to an aromatic ring is 1. The third-order valence-corrected chi connectivity index (χ3v) is 4.02. The van der Waals surface area contributed by atoms with Crippen LogP contribution in [0.1, 0.15) is 6.92 Å². The maximum absolute atomic E-state index is 12.2. The Bertz CT molecular complexity index is 628. The van der Waals surface area contributed by atoms with Crippen molar-refractivity contribution in [2.75, 3.05) is 28.9 Å². The Balaban J connectivity index is 3.16. The molecule has 0 saturated carbocycles. The number of carbonyl (C=O) groups is 2. The van der Waals surface area contributed by atoms with Gasteiger partial charge in [0.2, 0.25) is 10.0 Å². The molecular formula is C12H16N2O6S. The van der Waals surface area contributed by atoms with Crippen LogP contribution in [0.2, 0.25) is 0 Å². The van der Waals surface area contributed by atoms with Crippen molar-refractivity contribution in [2.45, 2.75) is 6.92 Å². The monoisotopic (exact) mass is 316 g/mol. The molecular weight excluding hydrogens is 300 g/mol. The summed E-state index contributed by atoms with van der Waals surface area (Å²) in [4.78, 5) is 22.2. The molecule has 0 aliphatic carbocycles. The Morgan fingerprint density at radius 1 is 1.33 bits per heavy atom. The van der Waals surface area contributed by atoms with E-state index in [9.17, 15) is 18.0 Å². The Hall–Kier alpha value is -2.29. The number of sulfonamides is 1. The molecule has 0 aromatic heterocycles. The highest BCUT2D eigenvalue weighted by molar-refractivity contribution is 7.93. The van der Waals surface area contributed by atoms with Gasteiger partial charge in [-0.25, -0.2) is 8.42 Å². The third-order valence-electron chi connectivity index (χ3n) is 2.43. The fourth-order valence-electron chi connectivity index (χ4n) is 1.60. The zero-order valence-electron chi connectivity index (χ0n) is 11.4. The molecule has 0 aliphatic rings. The first kappa shape index (κ1) is 16.8. The van der Waals surface area contributed by atoms with E-state index in [2.05, 4.69) is 4.74 Å². The molecule has 0 atom stereocenters. The van der Waals surface area contributed by atoms with Crippen molar-refractivity contribution < 1.29 is 27.9 Å². The minimum atomic E-state index is -4.22. The van der Waals surface area contributed by atoms with Crippen LogP contribution in [0.4, 0.5) is 11.4 Å². The van der Waals surface area contributed by atoms with Crippen molar-refractivity contribution in [1.29, 1.82) is 0 Å². The minimum absolute atomic E-state index is 0.00389. The van der Waals surface area contributed by atoms with E-state index in [4.69, 9.17) is 10.8 Å². The van der Waals surface area contributed by atoms with Gasteiger partial charge in [-0.15, -0.1) is 0 Å². The maximum atomic E-state index is 12.2. The molecule has 1 aromatic rings. The van der Waals surface area contributed by atoms with Gasteiger partial charge in [-0.1, -0.05) is 12.1 Å². The van der Waals surface area contributed by atoms with E-state index in [1.165, 1.54) is 25.1 Å². The van der Waals surface area contributed by atoms with Gasteiger partial charge in [0.05, 0.1) is 18.0 Å². The number of hydrogen-bond donors (Lipinski definition) is 2. The highest BCUT2D eigenvalue weighted by Gasteiger charge is 2.29.